The monoisotopic (exact) mass is 390 g/mol. The van der Waals surface area contributed by atoms with Crippen LogP contribution in [0.2, 0.25) is 0 Å². The zero-order chi connectivity index (χ0) is 20.8. The first-order valence-electron chi connectivity index (χ1n) is 9.29. The molecule has 1 N–H and O–H groups in total. The van der Waals surface area contributed by atoms with Crippen molar-refractivity contribution >= 4 is 17.6 Å². The predicted octanol–water partition coefficient (Wildman–Crippen LogP) is 2.04. The maximum absolute atomic E-state index is 12.6. The van der Waals surface area contributed by atoms with Crippen molar-refractivity contribution in [2.24, 2.45) is 0 Å². The lowest BCUT2D eigenvalue weighted by Crippen LogP contribution is -2.51. The predicted molar refractivity (Wildman–Crippen MR) is 102 cm³/mol. The highest BCUT2D eigenvalue weighted by molar-refractivity contribution is 5.69. The molecule has 0 spiro atoms. The third kappa shape index (κ3) is 3.88. The van der Waals surface area contributed by atoms with E-state index in [0.29, 0.717) is 24.4 Å². The normalized spacial score (nSPS) is 15.1. The Labute approximate surface area is 162 Å². The van der Waals surface area contributed by atoms with Crippen molar-refractivity contribution in [3.05, 3.63) is 34.0 Å². The van der Waals surface area contributed by atoms with Gasteiger partial charge in [-0.1, -0.05) is 13.8 Å². The molecule has 9 heteroatoms. The van der Waals surface area contributed by atoms with E-state index in [1.165, 1.54) is 0 Å². The number of aliphatic carboxylic acids is 1. The molecule has 9 nitrogen and oxygen atoms in total. The average Bonchev–Trinajstić information content (AvgIpc) is 2.93. The number of likely N-dealkylation sites (tertiary alicyclic amines) is 1. The Hall–Kier alpha value is -2.84. The molecule has 1 saturated heterocycles. The number of hydrogen-bond donors (Lipinski definition) is 1. The second-order valence-electron chi connectivity index (χ2n) is 8.48. The van der Waals surface area contributed by atoms with E-state index in [0.717, 1.165) is 10.2 Å². The van der Waals surface area contributed by atoms with Crippen molar-refractivity contribution in [3.63, 3.8) is 0 Å². The van der Waals surface area contributed by atoms with Crippen LogP contribution in [-0.4, -0.2) is 54.9 Å². The number of aromatic nitrogens is 3. The van der Waals surface area contributed by atoms with Gasteiger partial charge in [0.15, 0.2) is 0 Å². The van der Waals surface area contributed by atoms with Crippen LogP contribution in [0.3, 0.4) is 0 Å². The largest absolute Gasteiger partial charge is 0.480 e. The second-order valence-corrected chi connectivity index (χ2v) is 8.48. The molecule has 3 heterocycles. The first-order chi connectivity index (χ1) is 13.0. The smallest absolute Gasteiger partial charge is 0.410 e. The Balaban J connectivity index is 1.94. The fourth-order valence-corrected chi connectivity index (χ4v) is 3.13. The summed E-state index contributed by atoms with van der Waals surface area (Å²) in [6.07, 6.45) is 1.47. The molecule has 1 aliphatic rings. The second kappa shape index (κ2) is 6.96. The summed E-state index contributed by atoms with van der Waals surface area (Å²) < 4.78 is 8.08. The minimum absolute atomic E-state index is 0.108. The lowest BCUT2D eigenvalue weighted by atomic mass is 10.00. The molecule has 3 rings (SSSR count). The van der Waals surface area contributed by atoms with Crippen LogP contribution >= 0.6 is 0 Å². The van der Waals surface area contributed by atoms with Gasteiger partial charge in [0.25, 0.3) is 5.56 Å². The van der Waals surface area contributed by atoms with E-state index in [9.17, 15) is 14.4 Å². The molecule has 28 heavy (non-hydrogen) atoms. The molecule has 0 radical (unpaired) electrons. The van der Waals surface area contributed by atoms with E-state index in [4.69, 9.17) is 9.84 Å². The molecule has 2 aromatic heterocycles. The van der Waals surface area contributed by atoms with Gasteiger partial charge in [-0.25, -0.2) is 9.48 Å². The molecule has 0 aliphatic carbocycles. The number of amides is 1. The van der Waals surface area contributed by atoms with E-state index in [1.54, 1.807) is 15.4 Å². The van der Waals surface area contributed by atoms with Gasteiger partial charge in [0.2, 0.25) is 0 Å². The molecule has 0 unspecified atom stereocenters. The quantitative estimate of drug-likeness (QED) is 0.856. The standard InChI is InChI=1S/C19H26N4O5/c1-11(2)12-6-14-17(26)23(10-15(24)25)20-16(22(14)9-12)13-7-21(8-13)18(27)28-19(3,4)5/h6,9,11,13H,7-8,10H2,1-5H3,(H,24,25). The lowest BCUT2D eigenvalue weighted by molar-refractivity contribution is -0.138. The number of nitrogens with zero attached hydrogens (tertiary/aromatic N) is 4. The highest BCUT2D eigenvalue weighted by Crippen LogP contribution is 2.28. The number of carboxylic acids is 1. The fourth-order valence-electron chi connectivity index (χ4n) is 3.13. The number of fused-ring (bicyclic) bond motifs is 1. The van der Waals surface area contributed by atoms with Crippen LogP contribution in [0.25, 0.3) is 5.52 Å². The molecule has 152 valence electrons. The number of carboxylic acid groups (broad SMARTS) is 1. The number of carbonyl (C=O) groups is 2. The molecular weight excluding hydrogens is 364 g/mol. The van der Waals surface area contributed by atoms with Gasteiger partial charge in [0.05, 0.1) is 5.92 Å². The van der Waals surface area contributed by atoms with Crippen LogP contribution in [0.15, 0.2) is 17.1 Å². The van der Waals surface area contributed by atoms with E-state index in [-0.39, 0.29) is 11.8 Å². The van der Waals surface area contributed by atoms with Crippen molar-refractivity contribution in [2.45, 2.75) is 58.6 Å². The van der Waals surface area contributed by atoms with Crippen LogP contribution in [0, 0.1) is 0 Å². The van der Waals surface area contributed by atoms with E-state index in [1.807, 2.05) is 40.8 Å². The Morgan fingerprint density at radius 3 is 2.50 bits per heavy atom. The molecule has 0 aromatic carbocycles. The van der Waals surface area contributed by atoms with Crippen molar-refractivity contribution < 1.29 is 19.4 Å². The third-order valence-electron chi connectivity index (χ3n) is 4.61. The van der Waals surface area contributed by atoms with Gasteiger partial charge in [0.1, 0.15) is 23.5 Å². The molecule has 0 atom stereocenters. The van der Waals surface area contributed by atoms with Crippen LogP contribution in [0.4, 0.5) is 4.79 Å². The number of ether oxygens (including phenoxy) is 1. The number of rotatable bonds is 4. The Morgan fingerprint density at radius 2 is 1.96 bits per heavy atom. The van der Waals surface area contributed by atoms with Gasteiger partial charge in [0, 0.05) is 19.3 Å². The SMILES string of the molecule is CC(C)c1cc2c(=O)n(CC(=O)O)nc(C3CN(C(=O)OC(C)(C)C)C3)n2c1. The molecule has 1 amide bonds. The van der Waals surface area contributed by atoms with Crippen LogP contribution in [0.5, 0.6) is 0 Å². The maximum atomic E-state index is 12.6. The molecule has 1 aliphatic heterocycles. The Kier molecular flexibility index (Phi) is 4.95. The molecule has 2 aromatic rings. The fraction of sp³-hybridized carbons (Fsp3) is 0.579. The highest BCUT2D eigenvalue weighted by atomic mass is 16.6. The van der Waals surface area contributed by atoms with E-state index in [2.05, 4.69) is 5.10 Å². The first-order valence-corrected chi connectivity index (χ1v) is 9.29. The summed E-state index contributed by atoms with van der Waals surface area (Å²) in [5.74, 6) is -0.463. The zero-order valence-corrected chi connectivity index (χ0v) is 16.8. The summed E-state index contributed by atoms with van der Waals surface area (Å²) in [7, 11) is 0. The van der Waals surface area contributed by atoms with Crippen molar-refractivity contribution in [1.29, 1.82) is 0 Å². The lowest BCUT2D eigenvalue weighted by Gasteiger charge is -2.39. The first kappa shape index (κ1) is 19.9. The summed E-state index contributed by atoms with van der Waals surface area (Å²) in [4.78, 5) is 37.5. The average molecular weight is 390 g/mol. The maximum Gasteiger partial charge on any atom is 0.410 e. The molecular formula is C19H26N4O5. The molecule has 0 bridgehead atoms. The highest BCUT2D eigenvalue weighted by Gasteiger charge is 2.37. The summed E-state index contributed by atoms with van der Waals surface area (Å²) in [6.45, 7) is 9.76. The minimum Gasteiger partial charge on any atom is -0.480 e. The van der Waals surface area contributed by atoms with Gasteiger partial charge >= 0.3 is 12.1 Å². The van der Waals surface area contributed by atoms with Gasteiger partial charge in [-0.05, 0) is 38.3 Å². The van der Waals surface area contributed by atoms with Gasteiger partial charge in [-0.15, -0.1) is 0 Å². The van der Waals surface area contributed by atoms with Crippen molar-refractivity contribution in [3.8, 4) is 0 Å². The number of carbonyl (C=O) groups excluding carboxylic acids is 1. The van der Waals surface area contributed by atoms with Crippen LogP contribution in [0.1, 0.15) is 57.8 Å². The summed E-state index contributed by atoms with van der Waals surface area (Å²) in [5.41, 5.74) is 0.346. The summed E-state index contributed by atoms with van der Waals surface area (Å²) in [6, 6.07) is 1.78. The van der Waals surface area contributed by atoms with Crippen molar-refractivity contribution in [2.75, 3.05) is 13.1 Å². The topological polar surface area (TPSA) is 106 Å². The molecule has 0 saturated carbocycles. The van der Waals surface area contributed by atoms with E-state index < -0.39 is 29.8 Å². The Morgan fingerprint density at radius 1 is 1.32 bits per heavy atom. The summed E-state index contributed by atoms with van der Waals surface area (Å²) >= 11 is 0. The van der Waals surface area contributed by atoms with Crippen LogP contribution < -0.4 is 5.56 Å². The Bertz CT molecular complexity index is 977. The van der Waals surface area contributed by atoms with Crippen LogP contribution in [-0.2, 0) is 16.1 Å². The van der Waals surface area contributed by atoms with Gasteiger partial charge < -0.3 is 14.7 Å². The summed E-state index contributed by atoms with van der Waals surface area (Å²) in [5, 5.41) is 13.4. The molecule has 1 fully saturated rings. The zero-order valence-electron chi connectivity index (χ0n) is 16.8. The number of hydrogen-bond acceptors (Lipinski definition) is 5. The van der Waals surface area contributed by atoms with Gasteiger partial charge in [-0.2, -0.15) is 5.10 Å². The third-order valence-corrected chi connectivity index (χ3v) is 4.61. The van der Waals surface area contributed by atoms with Crippen molar-refractivity contribution in [1.82, 2.24) is 19.1 Å². The van der Waals surface area contributed by atoms with Gasteiger partial charge in [-0.3, -0.25) is 14.0 Å². The van der Waals surface area contributed by atoms with E-state index >= 15 is 0 Å². The minimum atomic E-state index is -1.13.